The summed E-state index contributed by atoms with van der Waals surface area (Å²) in [7, 11) is -3.57. The van der Waals surface area contributed by atoms with Crippen LogP contribution in [0.4, 0.5) is 5.82 Å². The Bertz CT molecular complexity index is 1250. The van der Waals surface area contributed by atoms with Gasteiger partial charge in [0.2, 0.25) is 10.0 Å². The van der Waals surface area contributed by atoms with Crippen molar-refractivity contribution < 1.29 is 8.42 Å². The first-order valence-corrected chi connectivity index (χ1v) is 11.2. The summed E-state index contributed by atoms with van der Waals surface area (Å²) in [4.78, 5) is 10.9. The quantitative estimate of drug-likeness (QED) is 0.465. The Kier molecular flexibility index (Phi) is 4.96. The minimum Gasteiger partial charge on any atom is -0.354 e. The Balaban J connectivity index is 1.28. The van der Waals surface area contributed by atoms with Gasteiger partial charge in [-0.2, -0.15) is 14.5 Å². The molecule has 1 saturated heterocycles. The van der Waals surface area contributed by atoms with Gasteiger partial charge >= 0.3 is 0 Å². The molecule has 31 heavy (non-hydrogen) atoms. The van der Waals surface area contributed by atoms with Crippen molar-refractivity contribution in [3.05, 3.63) is 73.6 Å². The van der Waals surface area contributed by atoms with Crippen LogP contribution >= 0.6 is 0 Å². The van der Waals surface area contributed by atoms with Gasteiger partial charge in [-0.05, 0) is 36.4 Å². The molecule has 11 heteroatoms. The van der Waals surface area contributed by atoms with Crippen LogP contribution in [0.25, 0.3) is 11.5 Å². The van der Waals surface area contributed by atoms with Gasteiger partial charge in [-0.1, -0.05) is 0 Å². The van der Waals surface area contributed by atoms with E-state index in [1.54, 1.807) is 46.0 Å². The SMILES string of the molecule is O=S(=O)(c1ccc(-n2cccn2)cc1)N1CCN(c2cc(-n3cccn3)ncn2)CC1. The lowest BCUT2D eigenvalue weighted by atomic mass is 10.3. The van der Waals surface area contributed by atoms with Gasteiger partial charge in [-0.3, -0.25) is 0 Å². The molecule has 0 amide bonds. The van der Waals surface area contributed by atoms with Crippen LogP contribution in [0.1, 0.15) is 0 Å². The fraction of sp³-hybridized carbons (Fsp3) is 0.200. The summed E-state index contributed by atoms with van der Waals surface area (Å²) in [5.74, 6) is 1.42. The van der Waals surface area contributed by atoms with Crippen molar-refractivity contribution in [1.82, 2.24) is 33.8 Å². The molecule has 0 saturated carbocycles. The molecule has 3 aromatic heterocycles. The molecule has 1 aliphatic heterocycles. The summed E-state index contributed by atoms with van der Waals surface area (Å²) in [6, 6.07) is 12.3. The van der Waals surface area contributed by atoms with Crippen LogP contribution in [-0.4, -0.2) is 68.4 Å². The molecular formula is C20H20N8O2S. The highest BCUT2D eigenvalue weighted by Crippen LogP contribution is 2.21. The topological polar surface area (TPSA) is 102 Å². The number of aromatic nitrogens is 6. The molecule has 0 spiro atoms. The van der Waals surface area contributed by atoms with E-state index in [0.29, 0.717) is 32.0 Å². The van der Waals surface area contributed by atoms with E-state index in [2.05, 4.69) is 25.1 Å². The van der Waals surface area contributed by atoms with E-state index in [1.807, 2.05) is 30.6 Å². The van der Waals surface area contributed by atoms with Crippen LogP contribution in [0.15, 0.2) is 78.5 Å². The maximum atomic E-state index is 13.1. The maximum absolute atomic E-state index is 13.1. The van der Waals surface area contributed by atoms with Crippen molar-refractivity contribution in [1.29, 1.82) is 0 Å². The molecule has 1 fully saturated rings. The highest BCUT2D eigenvalue weighted by atomic mass is 32.2. The van der Waals surface area contributed by atoms with E-state index in [4.69, 9.17) is 0 Å². The Morgan fingerprint density at radius 2 is 1.42 bits per heavy atom. The third-order valence-electron chi connectivity index (χ3n) is 5.18. The molecule has 10 nitrogen and oxygen atoms in total. The van der Waals surface area contributed by atoms with Crippen molar-refractivity contribution in [3.8, 4) is 11.5 Å². The monoisotopic (exact) mass is 436 g/mol. The number of piperazine rings is 1. The highest BCUT2D eigenvalue weighted by Gasteiger charge is 2.29. The Labute approximate surface area is 179 Å². The molecular weight excluding hydrogens is 416 g/mol. The van der Waals surface area contributed by atoms with Crippen molar-refractivity contribution in [2.45, 2.75) is 4.90 Å². The number of rotatable bonds is 5. The predicted molar refractivity (Wildman–Crippen MR) is 114 cm³/mol. The molecule has 0 N–H and O–H groups in total. The van der Waals surface area contributed by atoms with Gasteiger partial charge in [0.1, 0.15) is 12.1 Å². The van der Waals surface area contributed by atoms with Crippen molar-refractivity contribution >= 4 is 15.8 Å². The average molecular weight is 437 g/mol. The normalized spacial score (nSPS) is 15.3. The summed E-state index contributed by atoms with van der Waals surface area (Å²) < 4.78 is 31.0. The van der Waals surface area contributed by atoms with Gasteiger partial charge in [0.25, 0.3) is 0 Å². The van der Waals surface area contributed by atoms with Gasteiger partial charge in [-0.25, -0.2) is 27.7 Å². The first kappa shape index (κ1) is 19.4. The fourth-order valence-electron chi connectivity index (χ4n) is 3.54. The molecule has 158 valence electrons. The Morgan fingerprint density at radius 3 is 2.06 bits per heavy atom. The first-order chi connectivity index (χ1) is 15.1. The number of hydrogen-bond donors (Lipinski definition) is 0. The van der Waals surface area contributed by atoms with E-state index < -0.39 is 10.0 Å². The van der Waals surface area contributed by atoms with Crippen LogP contribution in [0.2, 0.25) is 0 Å². The Hall–Kier alpha value is -3.57. The molecule has 1 aliphatic rings. The average Bonchev–Trinajstić information content (AvgIpc) is 3.54. The molecule has 0 bridgehead atoms. The largest absolute Gasteiger partial charge is 0.354 e. The zero-order chi connectivity index (χ0) is 21.3. The minimum atomic E-state index is -3.57. The zero-order valence-electron chi connectivity index (χ0n) is 16.6. The summed E-state index contributed by atoms with van der Waals surface area (Å²) in [6.07, 6.45) is 8.49. The van der Waals surface area contributed by atoms with Gasteiger partial charge in [-0.15, -0.1) is 0 Å². The Morgan fingerprint density at radius 1 is 0.774 bits per heavy atom. The summed E-state index contributed by atoms with van der Waals surface area (Å²) in [5.41, 5.74) is 0.811. The summed E-state index contributed by atoms with van der Waals surface area (Å²) >= 11 is 0. The second kappa shape index (κ2) is 7.93. The third-order valence-corrected chi connectivity index (χ3v) is 7.10. The smallest absolute Gasteiger partial charge is 0.243 e. The molecule has 1 aromatic carbocycles. The van der Waals surface area contributed by atoms with Crippen molar-refractivity contribution in [2.24, 2.45) is 0 Å². The zero-order valence-corrected chi connectivity index (χ0v) is 17.4. The molecule has 5 rings (SSSR count). The van der Waals surface area contributed by atoms with Crippen molar-refractivity contribution in [3.63, 3.8) is 0 Å². The van der Waals surface area contributed by atoms with Gasteiger partial charge < -0.3 is 4.90 Å². The van der Waals surface area contributed by atoms with E-state index >= 15 is 0 Å². The number of benzene rings is 1. The standard InChI is InChI=1S/C20H20N8O2S/c29-31(30,18-5-3-17(4-6-18)27-9-1-7-23-27)26-13-11-25(12-14-26)19-15-20(22-16-21-19)28-10-2-8-24-28/h1-10,15-16H,11-14H2. The van der Waals surface area contributed by atoms with Crippen LogP contribution in [0.5, 0.6) is 0 Å². The highest BCUT2D eigenvalue weighted by molar-refractivity contribution is 7.89. The second-order valence-corrected chi connectivity index (χ2v) is 8.96. The first-order valence-electron chi connectivity index (χ1n) is 9.78. The van der Waals surface area contributed by atoms with Gasteiger partial charge in [0.15, 0.2) is 5.82 Å². The summed E-state index contributed by atoms with van der Waals surface area (Å²) in [5, 5.41) is 8.35. The molecule has 0 atom stereocenters. The van der Waals surface area contributed by atoms with Crippen molar-refractivity contribution in [2.75, 3.05) is 31.1 Å². The number of nitrogens with zero attached hydrogens (tertiary/aromatic N) is 8. The number of hydrogen-bond acceptors (Lipinski definition) is 7. The van der Waals surface area contributed by atoms with E-state index in [-0.39, 0.29) is 4.90 Å². The molecule has 0 radical (unpaired) electrons. The number of anilines is 1. The van der Waals surface area contributed by atoms with E-state index in [1.165, 1.54) is 10.6 Å². The minimum absolute atomic E-state index is 0.278. The van der Waals surface area contributed by atoms with Crippen LogP contribution in [-0.2, 0) is 10.0 Å². The molecule has 4 aromatic rings. The second-order valence-electron chi connectivity index (χ2n) is 7.02. The predicted octanol–water partition coefficient (Wildman–Crippen LogP) is 1.36. The molecule has 0 aliphatic carbocycles. The summed E-state index contributed by atoms with van der Waals surface area (Å²) in [6.45, 7) is 1.84. The number of sulfonamides is 1. The van der Waals surface area contributed by atoms with E-state index in [0.717, 1.165) is 11.5 Å². The van der Waals surface area contributed by atoms with E-state index in [9.17, 15) is 8.42 Å². The maximum Gasteiger partial charge on any atom is 0.243 e. The lowest BCUT2D eigenvalue weighted by Gasteiger charge is -2.34. The van der Waals surface area contributed by atoms with Crippen LogP contribution in [0.3, 0.4) is 0 Å². The van der Waals surface area contributed by atoms with Crippen LogP contribution in [0, 0.1) is 0 Å². The fourth-order valence-corrected chi connectivity index (χ4v) is 4.96. The lowest BCUT2D eigenvalue weighted by Crippen LogP contribution is -2.48. The van der Waals surface area contributed by atoms with Crippen LogP contribution < -0.4 is 4.90 Å². The molecule has 4 heterocycles. The van der Waals surface area contributed by atoms with Gasteiger partial charge in [0, 0.05) is 57.0 Å². The van der Waals surface area contributed by atoms with Gasteiger partial charge in [0.05, 0.1) is 10.6 Å². The third kappa shape index (κ3) is 3.80. The lowest BCUT2D eigenvalue weighted by molar-refractivity contribution is 0.383. The molecule has 0 unspecified atom stereocenters.